The number of ketones is 1. The van der Waals surface area contributed by atoms with Crippen LogP contribution < -0.4 is 23.7 Å². The molecular weight excluding hydrogens is 448 g/mol. The van der Waals surface area contributed by atoms with Crippen molar-refractivity contribution in [1.29, 1.82) is 0 Å². The standard InChI is InChI=1S/C27H26N2O6/c1-16-10-21-19(14-29(15-34-21)13-17-6-5-9-28-12-17)26-23(16)24(30)22(35-26)11-18-7-8-20(31-2)27(33-4)25(18)32-3/h5-12H,13-15H2,1-4H3/b22-11-. The zero-order chi connectivity index (χ0) is 24.5. The number of benzene rings is 2. The van der Waals surface area contributed by atoms with Gasteiger partial charge in [0, 0.05) is 31.0 Å². The first-order valence-corrected chi connectivity index (χ1v) is 11.2. The van der Waals surface area contributed by atoms with E-state index in [0.29, 0.717) is 53.9 Å². The number of methoxy groups -OCH3 is 3. The van der Waals surface area contributed by atoms with E-state index in [9.17, 15) is 4.79 Å². The quantitative estimate of drug-likeness (QED) is 0.487. The normalized spacial score (nSPS) is 15.8. The summed E-state index contributed by atoms with van der Waals surface area (Å²) in [6.07, 6.45) is 5.26. The molecular formula is C27H26N2O6. The molecule has 0 fully saturated rings. The Morgan fingerprint density at radius 2 is 1.94 bits per heavy atom. The highest BCUT2D eigenvalue weighted by Gasteiger charge is 2.35. The molecule has 5 rings (SSSR count). The maximum absolute atomic E-state index is 13.4. The van der Waals surface area contributed by atoms with Crippen molar-refractivity contribution in [3.05, 3.63) is 76.3 Å². The fraction of sp³-hybridized carbons (Fsp3) is 0.259. The number of aryl methyl sites for hydroxylation is 1. The summed E-state index contributed by atoms with van der Waals surface area (Å²) in [5.41, 5.74) is 3.95. The SMILES string of the molecule is COc1ccc(/C=C2\Oc3c4c(cc(C)c3C2=O)OCN(Cc2cccnc2)C4)c(OC)c1OC. The molecule has 8 nitrogen and oxygen atoms in total. The average Bonchev–Trinajstić information content (AvgIpc) is 3.21. The fourth-order valence-corrected chi connectivity index (χ4v) is 4.51. The average molecular weight is 475 g/mol. The minimum atomic E-state index is -0.179. The van der Waals surface area contributed by atoms with Crippen molar-refractivity contribution in [1.82, 2.24) is 9.88 Å². The third-order valence-electron chi connectivity index (χ3n) is 6.14. The summed E-state index contributed by atoms with van der Waals surface area (Å²) in [4.78, 5) is 19.7. The first-order chi connectivity index (χ1) is 17.0. The number of ether oxygens (including phenoxy) is 5. The molecule has 0 atom stereocenters. The number of aromatic nitrogens is 1. The Kier molecular flexibility index (Phi) is 6.05. The van der Waals surface area contributed by atoms with Crippen molar-refractivity contribution in [2.45, 2.75) is 20.0 Å². The van der Waals surface area contributed by atoms with E-state index in [1.54, 1.807) is 38.6 Å². The number of rotatable bonds is 6. The summed E-state index contributed by atoms with van der Waals surface area (Å²) >= 11 is 0. The van der Waals surface area contributed by atoms with Gasteiger partial charge in [0.1, 0.15) is 18.2 Å². The number of hydrogen-bond donors (Lipinski definition) is 0. The van der Waals surface area contributed by atoms with Gasteiger partial charge in [-0.1, -0.05) is 6.07 Å². The van der Waals surface area contributed by atoms with E-state index in [1.165, 1.54) is 7.11 Å². The van der Waals surface area contributed by atoms with Gasteiger partial charge >= 0.3 is 0 Å². The monoisotopic (exact) mass is 474 g/mol. The van der Waals surface area contributed by atoms with Crippen molar-refractivity contribution >= 4 is 11.9 Å². The molecule has 0 unspecified atom stereocenters. The molecule has 0 aliphatic carbocycles. The lowest BCUT2D eigenvalue weighted by Gasteiger charge is -2.30. The molecule has 3 heterocycles. The van der Waals surface area contributed by atoms with E-state index in [2.05, 4.69) is 9.88 Å². The van der Waals surface area contributed by atoms with Crippen LogP contribution in [0, 0.1) is 6.92 Å². The molecule has 0 saturated carbocycles. The molecule has 0 radical (unpaired) electrons. The van der Waals surface area contributed by atoms with Gasteiger partial charge in [-0.05, 0) is 48.4 Å². The first-order valence-electron chi connectivity index (χ1n) is 11.2. The summed E-state index contributed by atoms with van der Waals surface area (Å²) in [6, 6.07) is 9.41. The molecule has 35 heavy (non-hydrogen) atoms. The van der Waals surface area contributed by atoms with Crippen LogP contribution in [0.25, 0.3) is 6.08 Å². The summed E-state index contributed by atoms with van der Waals surface area (Å²) in [6.45, 7) is 3.60. The molecule has 180 valence electrons. The van der Waals surface area contributed by atoms with Gasteiger partial charge in [-0.3, -0.25) is 14.7 Å². The van der Waals surface area contributed by atoms with Crippen LogP contribution >= 0.6 is 0 Å². The second kappa shape index (κ2) is 9.31. The molecule has 2 aliphatic heterocycles. The molecule has 1 aromatic heterocycles. The lowest BCUT2D eigenvalue weighted by Crippen LogP contribution is -2.31. The van der Waals surface area contributed by atoms with Gasteiger partial charge in [0.05, 0.1) is 32.5 Å². The van der Waals surface area contributed by atoms with Crippen molar-refractivity contribution in [3.63, 3.8) is 0 Å². The van der Waals surface area contributed by atoms with Crippen LogP contribution in [0.3, 0.4) is 0 Å². The molecule has 2 aromatic carbocycles. The highest BCUT2D eigenvalue weighted by atomic mass is 16.5. The van der Waals surface area contributed by atoms with Gasteiger partial charge in [0.25, 0.3) is 0 Å². The zero-order valence-corrected chi connectivity index (χ0v) is 20.1. The van der Waals surface area contributed by atoms with Crippen LogP contribution in [0.1, 0.15) is 32.6 Å². The molecule has 3 aromatic rings. The van der Waals surface area contributed by atoms with Gasteiger partial charge in [-0.15, -0.1) is 0 Å². The molecule has 0 amide bonds. The predicted octanol–water partition coefficient (Wildman–Crippen LogP) is 4.38. The maximum Gasteiger partial charge on any atom is 0.232 e. The second-order valence-electron chi connectivity index (χ2n) is 8.36. The Morgan fingerprint density at radius 3 is 2.66 bits per heavy atom. The number of carbonyl (C=O) groups excluding carboxylic acids is 1. The Hall–Kier alpha value is -4.04. The van der Waals surface area contributed by atoms with E-state index in [0.717, 1.165) is 22.4 Å². The van der Waals surface area contributed by atoms with Crippen LogP contribution in [0.2, 0.25) is 0 Å². The predicted molar refractivity (Wildman–Crippen MR) is 129 cm³/mol. The summed E-state index contributed by atoms with van der Waals surface area (Å²) in [5, 5.41) is 0. The topological polar surface area (TPSA) is 79.4 Å². The van der Waals surface area contributed by atoms with E-state index in [1.807, 2.05) is 31.3 Å². The highest BCUT2D eigenvalue weighted by molar-refractivity contribution is 6.16. The Bertz CT molecular complexity index is 1320. The largest absolute Gasteiger partial charge is 0.493 e. The zero-order valence-electron chi connectivity index (χ0n) is 20.1. The molecule has 2 aliphatic rings. The van der Waals surface area contributed by atoms with Crippen molar-refractivity contribution in [3.8, 4) is 28.7 Å². The minimum absolute atomic E-state index is 0.179. The van der Waals surface area contributed by atoms with Crippen LogP contribution in [-0.4, -0.2) is 43.7 Å². The molecule has 0 N–H and O–H groups in total. The summed E-state index contributed by atoms with van der Waals surface area (Å²) < 4.78 is 28.6. The Morgan fingerprint density at radius 1 is 1.11 bits per heavy atom. The van der Waals surface area contributed by atoms with Crippen molar-refractivity contribution in [2.24, 2.45) is 0 Å². The lowest BCUT2D eigenvalue weighted by atomic mass is 9.98. The fourth-order valence-electron chi connectivity index (χ4n) is 4.51. The number of Topliss-reactive ketones (excluding diaryl/α,β-unsaturated/α-hetero) is 1. The smallest absolute Gasteiger partial charge is 0.232 e. The highest BCUT2D eigenvalue weighted by Crippen LogP contribution is 2.45. The molecule has 0 spiro atoms. The van der Waals surface area contributed by atoms with Crippen LogP contribution in [-0.2, 0) is 13.1 Å². The van der Waals surface area contributed by atoms with E-state index in [-0.39, 0.29) is 11.5 Å². The third kappa shape index (κ3) is 4.06. The van der Waals surface area contributed by atoms with Crippen molar-refractivity contribution < 1.29 is 28.5 Å². The van der Waals surface area contributed by atoms with E-state index < -0.39 is 0 Å². The van der Waals surface area contributed by atoms with Gasteiger partial charge in [0.2, 0.25) is 11.5 Å². The number of fused-ring (bicyclic) bond motifs is 3. The van der Waals surface area contributed by atoms with E-state index in [4.69, 9.17) is 23.7 Å². The van der Waals surface area contributed by atoms with Crippen LogP contribution in [0.15, 0.2) is 48.5 Å². The Labute approximate surface area is 203 Å². The number of hydrogen-bond acceptors (Lipinski definition) is 8. The van der Waals surface area contributed by atoms with Crippen LogP contribution in [0.4, 0.5) is 0 Å². The number of allylic oxidation sites excluding steroid dienone is 1. The van der Waals surface area contributed by atoms with Gasteiger partial charge in [-0.25, -0.2) is 0 Å². The van der Waals surface area contributed by atoms with Gasteiger partial charge in [-0.2, -0.15) is 0 Å². The summed E-state index contributed by atoms with van der Waals surface area (Å²) in [7, 11) is 4.64. The lowest BCUT2D eigenvalue weighted by molar-refractivity contribution is 0.0871. The van der Waals surface area contributed by atoms with Gasteiger partial charge < -0.3 is 23.7 Å². The summed E-state index contributed by atoms with van der Waals surface area (Å²) in [5.74, 6) is 2.75. The van der Waals surface area contributed by atoms with Crippen LogP contribution in [0.5, 0.6) is 28.7 Å². The van der Waals surface area contributed by atoms with Crippen molar-refractivity contribution in [2.75, 3.05) is 28.1 Å². The van der Waals surface area contributed by atoms with E-state index >= 15 is 0 Å². The number of nitrogens with zero attached hydrogens (tertiary/aromatic N) is 2. The molecule has 0 bridgehead atoms. The number of carbonyl (C=O) groups is 1. The maximum atomic E-state index is 13.4. The minimum Gasteiger partial charge on any atom is -0.493 e. The van der Waals surface area contributed by atoms with Gasteiger partial charge in [0.15, 0.2) is 17.3 Å². The third-order valence-corrected chi connectivity index (χ3v) is 6.14. The Balaban J connectivity index is 1.50. The number of pyridine rings is 1. The molecule has 8 heteroatoms. The molecule has 0 saturated heterocycles. The second-order valence-corrected chi connectivity index (χ2v) is 8.36. The first kappa shape index (κ1) is 22.7.